The van der Waals surface area contributed by atoms with Crippen molar-refractivity contribution in [3.05, 3.63) is 29.1 Å². The Bertz CT molecular complexity index is 450. The van der Waals surface area contributed by atoms with Gasteiger partial charge in [0.05, 0.1) is 4.70 Å². The van der Waals surface area contributed by atoms with Crippen LogP contribution in [0.1, 0.15) is 11.3 Å². The number of benzene rings is 1. The first-order chi connectivity index (χ1) is 7.31. The van der Waals surface area contributed by atoms with Gasteiger partial charge in [-0.15, -0.1) is 11.3 Å². The molecule has 0 aliphatic heterocycles. The van der Waals surface area contributed by atoms with E-state index >= 15 is 0 Å². The maximum atomic E-state index is 9.65. The van der Waals surface area contributed by atoms with Crippen LogP contribution in [0.15, 0.2) is 24.3 Å². The van der Waals surface area contributed by atoms with E-state index in [-0.39, 0.29) is 0 Å². The Balaban J connectivity index is 2.20. The number of phenolic OH excluding ortho intramolecular Hbond substituents is 1. The maximum Gasteiger partial charge on any atom is 0.133 e. The summed E-state index contributed by atoms with van der Waals surface area (Å²) in [5, 5.41) is 13.9. The summed E-state index contributed by atoms with van der Waals surface area (Å²) in [6.07, 6.45) is 2.23. The zero-order chi connectivity index (χ0) is 10.7. The topological polar surface area (TPSA) is 32.3 Å². The molecule has 80 valence electrons. The molecule has 0 spiro atoms. The van der Waals surface area contributed by atoms with Crippen LogP contribution in [0.25, 0.3) is 10.1 Å². The number of hydrogen-bond donors (Lipinski definition) is 2. The third-order valence-electron chi connectivity index (χ3n) is 2.42. The van der Waals surface area contributed by atoms with E-state index in [2.05, 4.69) is 11.4 Å². The monoisotopic (exact) mass is 221 g/mol. The van der Waals surface area contributed by atoms with Crippen molar-refractivity contribution in [2.24, 2.45) is 0 Å². The minimum Gasteiger partial charge on any atom is -0.506 e. The second-order valence-electron chi connectivity index (χ2n) is 3.62. The highest BCUT2D eigenvalue weighted by Crippen LogP contribution is 2.33. The van der Waals surface area contributed by atoms with Gasteiger partial charge in [0.25, 0.3) is 0 Å². The summed E-state index contributed by atoms with van der Waals surface area (Å²) in [6, 6.07) is 7.86. The van der Waals surface area contributed by atoms with Crippen molar-refractivity contribution in [1.29, 1.82) is 0 Å². The highest BCUT2D eigenvalue weighted by Gasteiger charge is 2.04. The Morgan fingerprint density at radius 2 is 2.27 bits per heavy atom. The van der Waals surface area contributed by atoms with Crippen molar-refractivity contribution in [2.45, 2.75) is 12.8 Å². The molecule has 0 aliphatic carbocycles. The fourth-order valence-corrected chi connectivity index (χ4v) is 2.78. The second-order valence-corrected chi connectivity index (χ2v) is 4.75. The van der Waals surface area contributed by atoms with Gasteiger partial charge in [0.1, 0.15) is 5.75 Å². The molecule has 15 heavy (non-hydrogen) atoms. The number of hydrogen-bond acceptors (Lipinski definition) is 3. The first kappa shape index (κ1) is 10.5. The molecule has 2 N–H and O–H groups in total. The number of aromatic hydroxyl groups is 1. The van der Waals surface area contributed by atoms with Crippen molar-refractivity contribution >= 4 is 21.4 Å². The van der Waals surface area contributed by atoms with E-state index in [4.69, 9.17) is 0 Å². The Morgan fingerprint density at radius 1 is 1.40 bits per heavy atom. The van der Waals surface area contributed by atoms with Crippen molar-refractivity contribution in [3.63, 3.8) is 0 Å². The minimum atomic E-state index is 0.400. The number of thiophene rings is 1. The van der Waals surface area contributed by atoms with Crippen LogP contribution in [-0.2, 0) is 6.42 Å². The van der Waals surface area contributed by atoms with Crippen LogP contribution in [0.5, 0.6) is 5.75 Å². The van der Waals surface area contributed by atoms with Gasteiger partial charge in [-0.05, 0) is 44.0 Å². The van der Waals surface area contributed by atoms with E-state index in [9.17, 15) is 5.11 Å². The van der Waals surface area contributed by atoms with E-state index in [1.807, 2.05) is 19.2 Å². The van der Waals surface area contributed by atoms with Gasteiger partial charge in [-0.3, -0.25) is 0 Å². The summed E-state index contributed by atoms with van der Waals surface area (Å²) in [7, 11) is 1.97. The van der Waals surface area contributed by atoms with E-state index in [1.165, 1.54) is 4.88 Å². The molecule has 1 aromatic carbocycles. The summed E-state index contributed by atoms with van der Waals surface area (Å²) in [4.78, 5) is 1.35. The Morgan fingerprint density at radius 3 is 3.00 bits per heavy atom. The average molecular weight is 221 g/mol. The third-order valence-corrected chi connectivity index (χ3v) is 3.66. The highest BCUT2D eigenvalue weighted by atomic mass is 32.1. The number of aryl methyl sites for hydroxylation is 1. The Kier molecular flexibility index (Phi) is 3.23. The predicted octanol–water partition coefficient (Wildman–Crippen LogP) is 2.76. The van der Waals surface area contributed by atoms with Gasteiger partial charge in [-0.2, -0.15) is 0 Å². The van der Waals surface area contributed by atoms with Gasteiger partial charge < -0.3 is 10.4 Å². The minimum absolute atomic E-state index is 0.400. The molecular formula is C12H15NOS. The first-order valence-corrected chi connectivity index (χ1v) is 5.98. The lowest BCUT2D eigenvalue weighted by molar-refractivity contribution is 0.482. The smallest absolute Gasteiger partial charge is 0.133 e. The summed E-state index contributed by atoms with van der Waals surface area (Å²) in [5.41, 5.74) is 0. The molecule has 0 radical (unpaired) electrons. The molecule has 0 aliphatic rings. The molecule has 1 heterocycles. The van der Waals surface area contributed by atoms with Crippen molar-refractivity contribution in [2.75, 3.05) is 13.6 Å². The van der Waals surface area contributed by atoms with Crippen LogP contribution in [0.2, 0.25) is 0 Å². The molecule has 0 unspecified atom stereocenters. The first-order valence-electron chi connectivity index (χ1n) is 5.16. The lowest BCUT2D eigenvalue weighted by atomic mass is 10.2. The molecule has 0 atom stereocenters. The summed E-state index contributed by atoms with van der Waals surface area (Å²) in [5.74, 6) is 0.400. The molecule has 0 bridgehead atoms. The number of phenols is 1. The molecule has 2 nitrogen and oxygen atoms in total. The van der Waals surface area contributed by atoms with Gasteiger partial charge in [0.15, 0.2) is 0 Å². The van der Waals surface area contributed by atoms with Crippen LogP contribution < -0.4 is 5.32 Å². The van der Waals surface area contributed by atoms with Gasteiger partial charge in [0, 0.05) is 4.88 Å². The predicted molar refractivity (Wildman–Crippen MR) is 65.7 cm³/mol. The molecule has 0 saturated heterocycles. The zero-order valence-corrected chi connectivity index (χ0v) is 9.60. The van der Waals surface area contributed by atoms with Crippen molar-refractivity contribution in [1.82, 2.24) is 5.32 Å². The number of nitrogens with one attached hydrogen (secondary N) is 1. The van der Waals surface area contributed by atoms with Gasteiger partial charge in [0.2, 0.25) is 0 Å². The average Bonchev–Trinajstić information content (AvgIpc) is 2.63. The van der Waals surface area contributed by atoms with Crippen LogP contribution in [0, 0.1) is 0 Å². The molecule has 0 saturated carbocycles. The normalized spacial score (nSPS) is 11.0. The molecule has 0 fully saturated rings. The van der Waals surface area contributed by atoms with Crippen LogP contribution in [0.3, 0.4) is 0 Å². The summed E-state index contributed by atoms with van der Waals surface area (Å²) in [6.45, 7) is 1.04. The van der Waals surface area contributed by atoms with Crippen molar-refractivity contribution < 1.29 is 5.11 Å². The second kappa shape index (κ2) is 4.64. The quantitative estimate of drug-likeness (QED) is 0.778. The van der Waals surface area contributed by atoms with Crippen LogP contribution in [0.4, 0.5) is 0 Å². The van der Waals surface area contributed by atoms with Crippen molar-refractivity contribution in [3.8, 4) is 5.75 Å². The van der Waals surface area contributed by atoms with E-state index < -0.39 is 0 Å². The lowest BCUT2D eigenvalue weighted by Crippen LogP contribution is -2.07. The van der Waals surface area contributed by atoms with E-state index in [0.29, 0.717) is 5.75 Å². The molecule has 3 heteroatoms. The van der Waals surface area contributed by atoms with E-state index in [0.717, 1.165) is 29.5 Å². The standard InChI is InChI=1S/C12H15NOS/c1-13-7-3-5-10-8-9-4-2-6-11(14)12(9)15-10/h2,4,6,8,13-14H,3,5,7H2,1H3. The van der Waals surface area contributed by atoms with Crippen LogP contribution in [-0.4, -0.2) is 18.7 Å². The SMILES string of the molecule is CNCCCc1cc2cccc(O)c2s1. The fraction of sp³-hybridized carbons (Fsp3) is 0.333. The van der Waals surface area contributed by atoms with Gasteiger partial charge in [-0.1, -0.05) is 12.1 Å². The molecule has 2 rings (SSSR count). The molecular weight excluding hydrogens is 206 g/mol. The zero-order valence-electron chi connectivity index (χ0n) is 8.79. The maximum absolute atomic E-state index is 9.65. The summed E-state index contributed by atoms with van der Waals surface area (Å²) >= 11 is 1.70. The van der Waals surface area contributed by atoms with Gasteiger partial charge >= 0.3 is 0 Å². The Labute approximate surface area is 93.6 Å². The molecule has 1 aromatic heterocycles. The number of rotatable bonds is 4. The molecule has 2 aromatic rings. The fourth-order valence-electron chi connectivity index (χ4n) is 1.66. The van der Waals surface area contributed by atoms with Crippen LogP contribution >= 0.6 is 11.3 Å². The lowest BCUT2D eigenvalue weighted by Gasteiger charge is -1.95. The largest absolute Gasteiger partial charge is 0.506 e. The molecule has 0 amide bonds. The Hall–Kier alpha value is -1.06. The van der Waals surface area contributed by atoms with E-state index in [1.54, 1.807) is 17.4 Å². The highest BCUT2D eigenvalue weighted by molar-refractivity contribution is 7.19. The number of fused-ring (bicyclic) bond motifs is 1. The summed E-state index contributed by atoms with van der Waals surface area (Å²) < 4.78 is 1.01. The third kappa shape index (κ3) is 2.30. The van der Waals surface area contributed by atoms with Gasteiger partial charge in [-0.25, -0.2) is 0 Å².